The summed E-state index contributed by atoms with van der Waals surface area (Å²) in [5.41, 5.74) is 0.384. The Balaban J connectivity index is 1.80. The van der Waals surface area contributed by atoms with Crippen LogP contribution in [0.2, 0.25) is 0 Å². The minimum atomic E-state index is -4.48. The molecule has 4 rings (SSSR count). The first-order valence-electron chi connectivity index (χ1n) is 9.48. The van der Waals surface area contributed by atoms with Gasteiger partial charge in [-0.05, 0) is 67.1 Å². The smallest absolute Gasteiger partial charge is 0.280 e. The number of hydrogen-bond donors (Lipinski definition) is 1. The van der Waals surface area contributed by atoms with Gasteiger partial charge in [0.1, 0.15) is 0 Å². The van der Waals surface area contributed by atoms with Gasteiger partial charge in [-0.1, -0.05) is 18.2 Å². The van der Waals surface area contributed by atoms with Gasteiger partial charge in [0.25, 0.3) is 15.6 Å². The summed E-state index contributed by atoms with van der Waals surface area (Å²) in [6.45, 7) is 1.70. The van der Waals surface area contributed by atoms with Crippen molar-refractivity contribution in [2.75, 3.05) is 4.72 Å². The molecule has 0 fully saturated rings. The van der Waals surface area contributed by atoms with Crippen LogP contribution in [0.25, 0.3) is 16.6 Å². The number of benzene rings is 3. The van der Waals surface area contributed by atoms with E-state index in [0.717, 1.165) is 12.1 Å². The highest BCUT2D eigenvalue weighted by Crippen LogP contribution is 2.30. The number of pyridine rings is 1. The monoisotopic (exact) mass is 458 g/mol. The number of alkyl halides is 3. The van der Waals surface area contributed by atoms with Crippen LogP contribution < -0.4 is 10.3 Å². The number of aromatic nitrogens is 1. The zero-order valence-electron chi connectivity index (χ0n) is 16.7. The van der Waals surface area contributed by atoms with Crippen LogP contribution in [0.3, 0.4) is 0 Å². The summed E-state index contributed by atoms with van der Waals surface area (Å²) in [5.74, 6) is 0. The highest BCUT2D eigenvalue weighted by molar-refractivity contribution is 7.92. The van der Waals surface area contributed by atoms with E-state index in [-0.39, 0.29) is 10.6 Å². The van der Waals surface area contributed by atoms with Gasteiger partial charge in [-0.25, -0.2) is 8.42 Å². The van der Waals surface area contributed by atoms with Gasteiger partial charge < -0.3 is 0 Å². The molecule has 0 unspecified atom stereocenters. The van der Waals surface area contributed by atoms with Gasteiger partial charge >= 0.3 is 6.18 Å². The van der Waals surface area contributed by atoms with Crippen LogP contribution in [-0.4, -0.2) is 13.0 Å². The van der Waals surface area contributed by atoms with E-state index in [1.165, 1.54) is 41.0 Å². The maximum atomic E-state index is 12.9. The molecule has 3 aromatic carbocycles. The second-order valence-corrected chi connectivity index (χ2v) is 8.88. The van der Waals surface area contributed by atoms with Crippen LogP contribution in [0.1, 0.15) is 11.1 Å². The van der Waals surface area contributed by atoms with Crippen LogP contribution in [0.15, 0.2) is 88.6 Å². The third kappa shape index (κ3) is 4.11. The van der Waals surface area contributed by atoms with Gasteiger partial charge in [0.05, 0.1) is 16.0 Å². The third-order valence-electron chi connectivity index (χ3n) is 4.98. The molecule has 164 valence electrons. The lowest BCUT2D eigenvalue weighted by Gasteiger charge is -2.15. The number of aryl methyl sites for hydroxylation is 1. The maximum Gasteiger partial charge on any atom is 0.416 e. The van der Waals surface area contributed by atoms with E-state index in [1.54, 1.807) is 37.3 Å². The van der Waals surface area contributed by atoms with Crippen molar-refractivity contribution in [2.45, 2.75) is 18.0 Å². The first-order valence-corrected chi connectivity index (χ1v) is 11.0. The van der Waals surface area contributed by atoms with E-state index in [9.17, 15) is 26.4 Å². The minimum Gasteiger partial charge on any atom is -0.280 e. The Morgan fingerprint density at radius 1 is 0.875 bits per heavy atom. The summed E-state index contributed by atoms with van der Waals surface area (Å²) in [4.78, 5) is 12.8. The van der Waals surface area contributed by atoms with E-state index < -0.39 is 27.3 Å². The normalized spacial score (nSPS) is 12.1. The number of anilines is 1. The van der Waals surface area contributed by atoms with Gasteiger partial charge in [0, 0.05) is 22.8 Å². The van der Waals surface area contributed by atoms with Crippen molar-refractivity contribution in [1.82, 2.24) is 4.57 Å². The fraction of sp³-hybridized carbons (Fsp3) is 0.0870. The molecular formula is C23H17F3N2O3S. The molecule has 0 atom stereocenters. The summed E-state index contributed by atoms with van der Waals surface area (Å²) in [6, 6.07) is 18.2. The molecule has 9 heteroatoms. The molecule has 1 heterocycles. The molecule has 32 heavy (non-hydrogen) atoms. The molecule has 0 amide bonds. The van der Waals surface area contributed by atoms with Crippen molar-refractivity contribution in [3.8, 4) is 5.69 Å². The fourth-order valence-electron chi connectivity index (χ4n) is 3.44. The number of fused-ring (bicyclic) bond motifs is 1. The highest BCUT2D eigenvalue weighted by atomic mass is 32.2. The minimum absolute atomic E-state index is 0.103. The molecule has 0 aliphatic carbocycles. The largest absolute Gasteiger partial charge is 0.416 e. The average molecular weight is 458 g/mol. The zero-order valence-corrected chi connectivity index (χ0v) is 17.5. The second-order valence-electron chi connectivity index (χ2n) is 7.20. The van der Waals surface area contributed by atoms with Crippen LogP contribution in [0, 0.1) is 6.92 Å². The van der Waals surface area contributed by atoms with Crippen molar-refractivity contribution >= 4 is 26.6 Å². The Hall–Kier alpha value is -3.59. The molecule has 0 spiro atoms. The van der Waals surface area contributed by atoms with E-state index >= 15 is 0 Å². The SMILES string of the molecule is Cc1cc(=O)n(-c2ccc(C(F)(F)F)cc2)c2ccc(NS(=O)(=O)c3ccccc3)cc12. The quantitative estimate of drug-likeness (QED) is 0.462. The maximum absolute atomic E-state index is 12.9. The molecule has 4 aromatic rings. The highest BCUT2D eigenvalue weighted by Gasteiger charge is 2.30. The Morgan fingerprint density at radius 2 is 1.53 bits per heavy atom. The van der Waals surface area contributed by atoms with E-state index in [2.05, 4.69) is 4.72 Å². The molecule has 0 aliphatic rings. The Kier molecular flexibility index (Phi) is 5.29. The summed E-state index contributed by atoms with van der Waals surface area (Å²) < 4.78 is 67.7. The Labute approximate surface area is 181 Å². The predicted octanol–water partition coefficient (Wildman–Crippen LogP) is 5.12. The van der Waals surface area contributed by atoms with Crippen molar-refractivity contribution in [3.63, 3.8) is 0 Å². The molecule has 1 N–H and O–H groups in total. The van der Waals surface area contributed by atoms with Gasteiger partial charge in [-0.2, -0.15) is 13.2 Å². The van der Waals surface area contributed by atoms with Gasteiger partial charge in [0.2, 0.25) is 0 Å². The lowest BCUT2D eigenvalue weighted by molar-refractivity contribution is -0.137. The third-order valence-corrected chi connectivity index (χ3v) is 6.38. The fourth-order valence-corrected chi connectivity index (χ4v) is 4.51. The van der Waals surface area contributed by atoms with Gasteiger partial charge in [-0.3, -0.25) is 14.1 Å². The van der Waals surface area contributed by atoms with Gasteiger partial charge in [-0.15, -0.1) is 0 Å². The van der Waals surface area contributed by atoms with Crippen molar-refractivity contribution in [2.24, 2.45) is 0 Å². The van der Waals surface area contributed by atoms with E-state index in [1.807, 2.05) is 0 Å². The molecular weight excluding hydrogens is 441 g/mol. The van der Waals surface area contributed by atoms with E-state index in [0.29, 0.717) is 22.2 Å². The van der Waals surface area contributed by atoms with Gasteiger partial charge in [0.15, 0.2) is 0 Å². The zero-order chi connectivity index (χ0) is 23.1. The number of rotatable bonds is 4. The number of nitrogens with zero attached hydrogens (tertiary/aromatic N) is 1. The summed E-state index contributed by atoms with van der Waals surface area (Å²) in [6.07, 6.45) is -4.48. The van der Waals surface area contributed by atoms with Crippen LogP contribution in [0.4, 0.5) is 18.9 Å². The van der Waals surface area contributed by atoms with Crippen LogP contribution in [0.5, 0.6) is 0 Å². The topological polar surface area (TPSA) is 68.2 Å². The van der Waals surface area contributed by atoms with Crippen LogP contribution in [-0.2, 0) is 16.2 Å². The molecule has 0 saturated carbocycles. The molecule has 1 aromatic heterocycles. The predicted molar refractivity (Wildman–Crippen MR) is 117 cm³/mol. The number of sulfonamides is 1. The average Bonchev–Trinajstić information content (AvgIpc) is 2.74. The number of hydrogen-bond acceptors (Lipinski definition) is 3. The van der Waals surface area contributed by atoms with Crippen LogP contribution >= 0.6 is 0 Å². The van der Waals surface area contributed by atoms with E-state index in [4.69, 9.17) is 0 Å². The summed E-state index contributed by atoms with van der Waals surface area (Å²) in [5, 5.41) is 0.581. The summed E-state index contributed by atoms with van der Waals surface area (Å²) in [7, 11) is -3.81. The first-order chi connectivity index (χ1) is 15.1. The van der Waals surface area contributed by atoms with Crippen molar-refractivity contribution < 1.29 is 21.6 Å². The first kappa shape index (κ1) is 21.6. The van der Waals surface area contributed by atoms with Crippen molar-refractivity contribution in [3.05, 3.63) is 100 Å². The number of nitrogens with one attached hydrogen (secondary N) is 1. The molecule has 5 nitrogen and oxygen atoms in total. The standard InChI is InChI=1S/C23H17F3N2O3S/c1-15-13-22(29)28(18-10-7-16(8-11-18)23(24,25)26)21-12-9-17(14-20(15)21)27-32(30,31)19-5-3-2-4-6-19/h2-14,27H,1H3. The van der Waals surface area contributed by atoms with Crippen molar-refractivity contribution in [1.29, 1.82) is 0 Å². The molecule has 0 radical (unpaired) electrons. The Morgan fingerprint density at radius 3 is 2.16 bits per heavy atom. The second kappa shape index (κ2) is 7.83. The lowest BCUT2D eigenvalue weighted by atomic mass is 10.1. The summed E-state index contributed by atoms with van der Waals surface area (Å²) >= 11 is 0. The molecule has 0 bridgehead atoms. The lowest BCUT2D eigenvalue weighted by Crippen LogP contribution is -2.19. The number of halogens is 3. The molecule has 0 aliphatic heterocycles. The Bertz CT molecular complexity index is 1460. The molecule has 0 saturated heterocycles.